The van der Waals surface area contributed by atoms with Gasteiger partial charge in [0.2, 0.25) is 0 Å². The Kier molecular flexibility index (Phi) is 9.86. The molecule has 3 N–H and O–H groups in total. The Hall–Kier alpha value is -3.41. The number of hydrogen-bond donors (Lipinski definition) is 2. The van der Waals surface area contributed by atoms with Gasteiger partial charge in [-0.3, -0.25) is 0 Å². The van der Waals surface area contributed by atoms with E-state index in [1.165, 1.54) is 18.2 Å². The molecule has 36 heavy (non-hydrogen) atoms. The highest BCUT2D eigenvalue weighted by molar-refractivity contribution is 5.60. The Bertz CT molecular complexity index is 1130. The molecule has 0 aliphatic rings. The van der Waals surface area contributed by atoms with Crippen LogP contribution in [0.25, 0.3) is 22.8 Å². The lowest BCUT2D eigenvalue weighted by molar-refractivity contribution is 0.335. The fourth-order valence-corrected chi connectivity index (χ4v) is 4.32. The average molecular weight is 482 g/mol. The zero-order valence-electron chi connectivity index (χ0n) is 22.2. The minimum Gasteiger partial charge on any atom is -0.333 e. The summed E-state index contributed by atoms with van der Waals surface area (Å²) in [5.74, 6) is 2.69. The molecule has 1 aromatic heterocycles. The number of hydrogen-bond acceptors (Lipinski definition) is 5. The van der Waals surface area contributed by atoms with E-state index in [9.17, 15) is 0 Å². The molecule has 3 aromatic carbocycles. The Morgan fingerprint density at radius 3 is 1.67 bits per heavy atom. The van der Waals surface area contributed by atoms with Gasteiger partial charge in [-0.25, -0.2) is 15.0 Å². The number of likely N-dealkylation sites (N-methyl/N-ethyl adjacent to an activating group) is 1. The van der Waals surface area contributed by atoms with E-state index >= 15 is 0 Å². The highest BCUT2D eigenvalue weighted by atomic mass is 15.0. The largest absolute Gasteiger partial charge is 0.333 e. The zero-order valence-corrected chi connectivity index (χ0v) is 22.2. The monoisotopic (exact) mass is 481 g/mol. The number of rotatable bonds is 8. The first-order valence-corrected chi connectivity index (χ1v) is 12.6. The van der Waals surface area contributed by atoms with Crippen molar-refractivity contribution in [2.75, 3.05) is 20.6 Å². The third-order valence-electron chi connectivity index (χ3n) is 5.87. The minimum absolute atomic E-state index is 0.284. The van der Waals surface area contributed by atoms with Gasteiger partial charge < -0.3 is 11.1 Å². The lowest BCUT2D eigenvalue weighted by atomic mass is 9.81. The number of nitrogens with two attached hydrogens (primary N) is 1. The fourth-order valence-electron chi connectivity index (χ4n) is 4.32. The van der Waals surface area contributed by atoms with Gasteiger partial charge in [0.15, 0.2) is 11.6 Å². The summed E-state index contributed by atoms with van der Waals surface area (Å²) in [6, 6.07) is 29.2. The summed E-state index contributed by atoms with van der Waals surface area (Å²) >= 11 is 0. The van der Waals surface area contributed by atoms with Gasteiger partial charge in [-0.15, -0.1) is 0 Å². The SMILES string of the molecule is CN.CNCC(CC(C)(C)C)c1ccc(Cc2nc(-c3ccccc3)nc(-c3ccccc3)n2)cc1. The smallest absolute Gasteiger partial charge is 0.163 e. The molecule has 0 aliphatic carbocycles. The van der Waals surface area contributed by atoms with Crippen LogP contribution < -0.4 is 11.1 Å². The molecule has 5 nitrogen and oxygen atoms in total. The van der Waals surface area contributed by atoms with E-state index in [1.807, 2.05) is 67.7 Å². The summed E-state index contributed by atoms with van der Waals surface area (Å²) in [4.78, 5) is 14.4. The van der Waals surface area contributed by atoms with E-state index in [1.54, 1.807) is 0 Å². The van der Waals surface area contributed by atoms with E-state index in [4.69, 9.17) is 15.0 Å². The highest BCUT2D eigenvalue weighted by Crippen LogP contribution is 2.31. The third kappa shape index (κ3) is 7.80. The number of nitrogens with zero attached hydrogens (tertiary/aromatic N) is 3. The van der Waals surface area contributed by atoms with Gasteiger partial charge in [0.05, 0.1) is 0 Å². The number of benzene rings is 3. The van der Waals surface area contributed by atoms with Crippen LogP contribution in [0.5, 0.6) is 0 Å². The van der Waals surface area contributed by atoms with Crippen LogP contribution in [-0.4, -0.2) is 35.6 Å². The van der Waals surface area contributed by atoms with E-state index in [2.05, 4.69) is 56.1 Å². The maximum Gasteiger partial charge on any atom is 0.163 e. The zero-order chi connectivity index (χ0) is 26.0. The Labute approximate surface area is 216 Å². The van der Waals surface area contributed by atoms with Crippen molar-refractivity contribution >= 4 is 0 Å². The van der Waals surface area contributed by atoms with Crippen molar-refractivity contribution in [3.05, 3.63) is 102 Å². The van der Waals surface area contributed by atoms with Gasteiger partial charge in [-0.05, 0) is 43.0 Å². The molecule has 1 unspecified atom stereocenters. The van der Waals surface area contributed by atoms with Crippen molar-refractivity contribution in [2.24, 2.45) is 11.1 Å². The van der Waals surface area contributed by atoms with Crippen LogP contribution in [0.4, 0.5) is 0 Å². The van der Waals surface area contributed by atoms with Crippen molar-refractivity contribution in [1.29, 1.82) is 0 Å². The van der Waals surface area contributed by atoms with Crippen molar-refractivity contribution in [3.63, 3.8) is 0 Å². The second-order valence-electron chi connectivity index (χ2n) is 10.1. The maximum absolute atomic E-state index is 4.83. The van der Waals surface area contributed by atoms with Crippen LogP contribution >= 0.6 is 0 Å². The maximum atomic E-state index is 4.83. The van der Waals surface area contributed by atoms with Crippen molar-refractivity contribution in [1.82, 2.24) is 20.3 Å². The summed E-state index contributed by atoms with van der Waals surface area (Å²) in [7, 11) is 3.53. The molecule has 188 valence electrons. The van der Waals surface area contributed by atoms with E-state index in [0.29, 0.717) is 24.0 Å². The quantitative estimate of drug-likeness (QED) is 0.317. The summed E-state index contributed by atoms with van der Waals surface area (Å²) in [6.07, 6.45) is 1.81. The number of nitrogens with one attached hydrogen (secondary N) is 1. The Morgan fingerprint density at radius 1 is 0.722 bits per heavy atom. The first-order valence-electron chi connectivity index (χ1n) is 12.6. The van der Waals surface area contributed by atoms with Crippen LogP contribution in [0, 0.1) is 5.41 Å². The molecule has 0 fully saturated rings. The lowest BCUT2D eigenvalue weighted by Gasteiger charge is -2.26. The molecule has 0 aliphatic heterocycles. The summed E-state index contributed by atoms with van der Waals surface area (Å²) in [6.45, 7) is 7.89. The number of aromatic nitrogens is 3. The summed E-state index contributed by atoms with van der Waals surface area (Å²) < 4.78 is 0. The molecule has 0 radical (unpaired) electrons. The molecule has 4 rings (SSSR count). The molecule has 0 bridgehead atoms. The van der Waals surface area contributed by atoms with Gasteiger partial charge in [0.25, 0.3) is 0 Å². The lowest BCUT2D eigenvalue weighted by Crippen LogP contribution is -2.22. The summed E-state index contributed by atoms with van der Waals surface area (Å²) in [5.41, 5.74) is 9.35. The van der Waals surface area contributed by atoms with Gasteiger partial charge in [0.1, 0.15) is 5.82 Å². The second-order valence-corrected chi connectivity index (χ2v) is 10.1. The van der Waals surface area contributed by atoms with Crippen LogP contribution in [0.1, 0.15) is 50.1 Å². The predicted octanol–water partition coefficient (Wildman–Crippen LogP) is 6.11. The van der Waals surface area contributed by atoms with Gasteiger partial charge in [-0.2, -0.15) is 0 Å². The van der Waals surface area contributed by atoms with E-state index in [-0.39, 0.29) is 5.41 Å². The molecule has 1 heterocycles. The molecule has 0 saturated carbocycles. The Morgan fingerprint density at radius 2 is 1.22 bits per heavy atom. The van der Waals surface area contributed by atoms with E-state index in [0.717, 1.165) is 29.9 Å². The average Bonchev–Trinajstić information content (AvgIpc) is 2.90. The molecular formula is C31H39N5. The fraction of sp³-hybridized carbons (Fsp3) is 0.323. The normalized spacial score (nSPS) is 11.9. The van der Waals surface area contributed by atoms with Gasteiger partial charge in [0, 0.05) is 24.1 Å². The second kappa shape index (κ2) is 13.1. The standard InChI is InChI=1S/C30H34N4.CH5N/c1-30(2,3)20-26(21-31-4)23-17-15-22(16-18-23)19-27-32-28(24-11-7-5-8-12-24)34-29(33-27)25-13-9-6-10-14-25;1-2/h5-18,26,31H,19-21H2,1-4H3;2H2,1H3. The van der Waals surface area contributed by atoms with E-state index < -0.39 is 0 Å². The van der Waals surface area contributed by atoms with Gasteiger partial charge >= 0.3 is 0 Å². The first kappa shape index (κ1) is 27.2. The molecule has 0 spiro atoms. The minimum atomic E-state index is 0.284. The third-order valence-corrected chi connectivity index (χ3v) is 5.87. The van der Waals surface area contributed by atoms with Crippen LogP contribution in [0.3, 0.4) is 0 Å². The molecule has 1 atom stereocenters. The highest BCUT2D eigenvalue weighted by Gasteiger charge is 2.20. The van der Waals surface area contributed by atoms with Crippen LogP contribution in [0.2, 0.25) is 0 Å². The van der Waals surface area contributed by atoms with Gasteiger partial charge in [-0.1, -0.05) is 106 Å². The van der Waals surface area contributed by atoms with Crippen molar-refractivity contribution in [3.8, 4) is 22.8 Å². The topological polar surface area (TPSA) is 76.7 Å². The van der Waals surface area contributed by atoms with Crippen molar-refractivity contribution in [2.45, 2.75) is 39.5 Å². The van der Waals surface area contributed by atoms with Crippen LogP contribution in [-0.2, 0) is 6.42 Å². The summed E-state index contributed by atoms with van der Waals surface area (Å²) in [5, 5.41) is 3.36. The molecule has 0 saturated heterocycles. The predicted molar refractivity (Wildman–Crippen MR) is 151 cm³/mol. The molecule has 4 aromatic rings. The molecular weight excluding hydrogens is 442 g/mol. The molecule has 5 heteroatoms. The molecule has 0 amide bonds. The first-order chi connectivity index (χ1) is 17.4. The van der Waals surface area contributed by atoms with Crippen molar-refractivity contribution < 1.29 is 0 Å². The Balaban J connectivity index is 0.00000176. The van der Waals surface area contributed by atoms with Crippen LogP contribution in [0.15, 0.2) is 84.9 Å².